The normalized spacial score (nSPS) is 18.0. The van der Waals surface area contributed by atoms with Gasteiger partial charge in [0.25, 0.3) is 5.91 Å². The van der Waals surface area contributed by atoms with Gasteiger partial charge in [0, 0.05) is 12.6 Å². The van der Waals surface area contributed by atoms with Crippen molar-refractivity contribution in [3.8, 4) is 0 Å². The van der Waals surface area contributed by atoms with Gasteiger partial charge in [0.05, 0.1) is 12.7 Å². The number of hydrogen-bond donors (Lipinski definition) is 4. The van der Waals surface area contributed by atoms with Crippen molar-refractivity contribution in [2.75, 3.05) is 12.3 Å². The number of amides is 1. The molecule has 3 rings (SSSR count). The van der Waals surface area contributed by atoms with Crippen molar-refractivity contribution >= 4 is 11.9 Å². The largest absolute Gasteiger partial charge is 0.367 e. The summed E-state index contributed by atoms with van der Waals surface area (Å²) >= 11 is 0. The van der Waals surface area contributed by atoms with Crippen LogP contribution in [0.4, 0.5) is 5.95 Å². The first-order valence-corrected chi connectivity index (χ1v) is 7.79. The van der Waals surface area contributed by atoms with Crippen molar-refractivity contribution in [2.45, 2.75) is 44.8 Å². The lowest BCUT2D eigenvalue weighted by atomic mass is 10.0. The second kappa shape index (κ2) is 7.18. The summed E-state index contributed by atoms with van der Waals surface area (Å²) in [5.74, 6) is 0.338. The molecule has 1 atom stereocenters. The van der Waals surface area contributed by atoms with E-state index in [9.17, 15) is 4.79 Å². The molecule has 1 aliphatic rings. The lowest BCUT2D eigenvalue weighted by Crippen LogP contribution is -2.34. The van der Waals surface area contributed by atoms with Crippen LogP contribution in [0.3, 0.4) is 0 Å². The number of aromatic nitrogens is 6. The van der Waals surface area contributed by atoms with E-state index in [1.165, 1.54) is 19.3 Å². The van der Waals surface area contributed by atoms with Crippen LogP contribution in [-0.2, 0) is 13.1 Å². The number of aryl methyl sites for hydroxylation is 1. The molecule has 1 saturated heterocycles. The van der Waals surface area contributed by atoms with Crippen LogP contribution < -0.4 is 16.4 Å². The van der Waals surface area contributed by atoms with Gasteiger partial charge in [-0.25, -0.2) is 0 Å². The highest BCUT2D eigenvalue weighted by Crippen LogP contribution is 2.10. The van der Waals surface area contributed by atoms with Gasteiger partial charge in [0.2, 0.25) is 5.95 Å². The fourth-order valence-corrected chi connectivity index (χ4v) is 2.61. The van der Waals surface area contributed by atoms with Crippen molar-refractivity contribution in [2.24, 2.45) is 0 Å². The summed E-state index contributed by atoms with van der Waals surface area (Å²) in [7, 11) is 0. The highest BCUT2D eigenvalue weighted by atomic mass is 16.2. The van der Waals surface area contributed by atoms with Gasteiger partial charge in [-0.15, -0.1) is 10.2 Å². The van der Waals surface area contributed by atoms with Crippen LogP contribution in [0.25, 0.3) is 0 Å². The zero-order valence-corrected chi connectivity index (χ0v) is 12.8. The number of nitrogens with zero attached hydrogens (tertiary/aromatic N) is 5. The number of hydrogen-bond acceptors (Lipinski definition) is 7. The predicted octanol–water partition coefficient (Wildman–Crippen LogP) is -0.559. The zero-order chi connectivity index (χ0) is 16.1. The first-order valence-electron chi connectivity index (χ1n) is 7.79. The molecule has 10 heteroatoms. The van der Waals surface area contributed by atoms with Crippen LogP contribution in [0.2, 0.25) is 0 Å². The number of nitrogen functional groups attached to an aromatic ring is 1. The van der Waals surface area contributed by atoms with E-state index in [2.05, 4.69) is 36.1 Å². The Balaban J connectivity index is 1.46. The summed E-state index contributed by atoms with van der Waals surface area (Å²) in [4.78, 5) is 15.9. The fraction of sp³-hybridized carbons (Fsp3) is 0.615. The van der Waals surface area contributed by atoms with E-state index in [0.29, 0.717) is 11.9 Å². The zero-order valence-electron chi connectivity index (χ0n) is 12.8. The van der Waals surface area contributed by atoms with Crippen LogP contribution in [0, 0.1) is 0 Å². The molecule has 2 aromatic heterocycles. The number of aromatic amines is 1. The first-order chi connectivity index (χ1) is 11.2. The van der Waals surface area contributed by atoms with Crippen molar-refractivity contribution in [1.29, 1.82) is 0 Å². The van der Waals surface area contributed by atoms with Crippen LogP contribution >= 0.6 is 0 Å². The molecule has 5 N–H and O–H groups in total. The van der Waals surface area contributed by atoms with Gasteiger partial charge >= 0.3 is 0 Å². The Morgan fingerprint density at radius 1 is 1.48 bits per heavy atom. The number of carbonyl (C=O) groups is 1. The van der Waals surface area contributed by atoms with Crippen LogP contribution in [0.15, 0.2) is 6.20 Å². The predicted molar refractivity (Wildman–Crippen MR) is 82.2 cm³/mol. The summed E-state index contributed by atoms with van der Waals surface area (Å²) in [6, 6.07) is 0.530. The van der Waals surface area contributed by atoms with E-state index in [1.54, 1.807) is 10.9 Å². The van der Waals surface area contributed by atoms with Gasteiger partial charge in [0.15, 0.2) is 5.69 Å². The van der Waals surface area contributed by atoms with Crippen LogP contribution in [0.1, 0.15) is 42.0 Å². The van der Waals surface area contributed by atoms with Crippen molar-refractivity contribution in [3.63, 3.8) is 0 Å². The summed E-state index contributed by atoms with van der Waals surface area (Å²) in [5.41, 5.74) is 5.68. The second-order valence-electron chi connectivity index (χ2n) is 5.63. The van der Waals surface area contributed by atoms with Gasteiger partial charge in [-0.3, -0.25) is 14.6 Å². The molecule has 3 heterocycles. The van der Waals surface area contributed by atoms with E-state index in [-0.39, 0.29) is 24.1 Å². The fourth-order valence-electron chi connectivity index (χ4n) is 2.61. The molecule has 10 nitrogen and oxygen atoms in total. The molecule has 1 aliphatic heterocycles. The standard InChI is InChI=1S/C13H21N9O/c14-13-17-11(19-20-13)7-16-12(23)10-8-22(21-18-10)6-4-9-3-1-2-5-15-9/h8-9,15H,1-7H2,(H,16,23)(H3,14,17,19,20)/t9-/m1/s1. The molecule has 23 heavy (non-hydrogen) atoms. The van der Waals surface area contributed by atoms with E-state index in [1.807, 2.05) is 0 Å². The minimum absolute atomic E-state index is 0.150. The SMILES string of the molecule is Nc1n[nH]c(CNC(=O)c2cn(CC[C@H]3CCCCN3)nn2)n1. The molecule has 0 saturated carbocycles. The third-order valence-electron chi connectivity index (χ3n) is 3.86. The Kier molecular flexibility index (Phi) is 4.81. The van der Waals surface area contributed by atoms with Crippen molar-refractivity contribution in [3.05, 3.63) is 17.7 Å². The molecular formula is C13H21N9O. The maximum Gasteiger partial charge on any atom is 0.273 e. The van der Waals surface area contributed by atoms with Gasteiger partial charge < -0.3 is 16.4 Å². The second-order valence-corrected chi connectivity index (χ2v) is 5.63. The molecule has 1 amide bonds. The number of carbonyl (C=O) groups excluding carboxylic acids is 1. The molecular weight excluding hydrogens is 298 g/mol. The minimum atomic E-state index is -0.304. The van der Waals surface area contributed by atoms with Gasteiger partial charge in [-0.2, -0.15) is 4.98 Å². The number of nitrogens with one attached hydrogen (secondary N) is 3. The Labute approximate surface area is 133 Å². The highest BCUT2D eigenvalue weighted by Gasteiger charge is 2.14. The van der Waals surface area contributed by atoms with E-state index in [0.717, 1.165) is 19.5 Å². The lowest BCUT2D eigenvalue weighted by Gasteiger charge is -2.23. The Morgan fingerprint density at radius 2 is 2.39 bits per heavy atom. The average Bonchev–Trinajstić information content (AvgIpc) is 3.21. The summed E-state index contributed by atoms with van der Waals surface area (Å²) in [5, 5.41) is 20.4. The number of nitrogens with two attached hydrogens (primary N) is 1. The van der Waals surface area contributed by atoms with Crippen molar-refractivity contribution in [1.82, 2.24) is 40.8 Å². The molecule has 0 aromatic carbocycles. The first kappa shape index (κ1) is 15.4. The third-order valence-corrected chi connectivity index (χ3v) is 3.86. The molecule has 0 spiro atoms. The lowest BCUT2D eigenvalue weighted by molar-refractivity contribution is 0.0945. The summed E-state index contributed by atoms with van der Waals surface area (Å²) < 4.78 is 1.71. The van der Waals surface area contributed by atoms with Gasteiger partial charge in [-0.1, -0.05) is 11.6 Å². The number of piperidine rings is 1. The molecule has 0 radical (unpaired) electrons. The Bertz CT molecular complexity index is 643. The maximum atomic E-state index is 12.0. The van der Waals surface area contributed by atoms with Gasteiger partial charge in [-0.05, 0) is 25.8 Å². The smallest absolute Gasteiger partial charge is 0.273 e. The molecule has 2 aromatic rings. The number of rotatable bonds is 6. The Morgan fingerprint density at radius 3 is 3.13 bits per heavy atom. The summed E-state index contributed by atoms with van der Waals surface area (Å²) in [6.07, 6.45) is 6.37. The number of H-pyrrole nitrogens is 1. The van der Waals surface area contributed by atoms with Crippen LogP contribution in [0.5, 0.6) is 0 Å². The summed E-state index contributed by atoms with van der Waals surface area (Å²) in [6.45, 7) is 2.04. The average molecular weight is 319 g/mol. The quantitative estimate of drug-likeness (QED) is 0.559. The van der Waals surface area contributed by atoms with Gasteiger partial charge in [0.1, 0.15) is 5.82 Å². The minimum Gasteiger partial charge on any atom is -0.367 e. The highest BCUT2D eigenvalue weighted by molar-refractivity contribution is 5.91. The molecule has 0 bridgehead atoms. The molecule has 0 unspecified atom stereocenters. The monoisotopic (exact) mass is 319 g/mol. The topological polar surface area (TPSA) is 139 Å². The molecule has 124 valence electrons. The Hall–Kier alpha value is -2.49. The third kappa shape index (κ3) is 4.25. The van der Waals surface area contributed by atoms with E-state index in [4.69, 9.17) is 5.73 Å². The van der Waals surface area contributed by atoms with E-state index < -0.39 is 0 Å². The molecule has 0 aliphatic carbocycles. The van der Waals surface area contributed by atoms with Crippen molar-refractivity contribution < 1.29 is 4.79 Å². The van der Waals surface area contributed by atoms with Crippen LogP contribution in [-0.4, -0.2) is 48.7 Å². The molecule has 1 fully saturated rings. The van der Waals surface area contributed by atoms with E-state index >= 15 is 0 Å². The number of anilines is 1. The maximum absolute atomic E-state index is 12.0.